The Morgan fingerprint density at radius 1 is 1.58 bits per heavy atom. The zero-order valence-corrected chi connectivity index (χ0v) is 7.95. The van der Waals surface area contributed by atoms with Crippen molar-refractivity contribution in [3.8, 4) is 0 Å². The minimum atomic E-state index is 0.283. The summed E-state index contributed by atoms with van der Waals surface area (Å²) in [7, 11) is 0. The summed E-state index contributed by atoms with van der Waals surface area (Å²) in [6.07, 6.45) is 2.09. The number of rotatable bonds is 4. The summed E-state index contributed by atoms with van der Waals surface area (Å²) >= 11 is 0. The van der Waals surface area contributed by atoms with Crippen molar-refractivity contribution in [3.63, 3.8) is 0 Å². The van der Waals surface area contributed by atoms with Crippen LogP contribution in [-0.2, 0) is 17.9 Å². The molecule has 3 heteroatoms. The molecule has 0 unspecified atom stereocenters. The van der Waals surface area contributed by atoms with Gasteiger partial charge in [-0.1, -0.05) is 0 Å². The quantitative estimate of drug-likeness (QED) is 0.685. The lowest BCUT2D eigenvalue weighted by Crippen LogP contribution is -2.08. The van der Waals surface area contributed by atoms with Crippen LogP contribution in [0.4, 0.5) is 0 Å². The summed E-state index contributed by atoms with van der Waals surface area (Å²) < 4.78 is 7.41. The van der Waals surface area contributed by atoms with Gasteiger partial charge < -0.3 is 4.74 Å². The Kier molecular flexibility index (Phi) is 3.29. The highest BCUT2D eigenvalue weighted by atomic mass is 16.5. The topological polar surface area (TPSA) is 27.1 Å². The first-order chi connectivity index (χ1) is 5.74. The molecular weight excluding hydrogens is 152 g/mol. The van der Waals surface area contributed by atoms with E-state index in [4.69, 9.17) is 4.74 Å². The predicted molar refractivity (Wildman–Crippen MR) is 47.8 cm³/mol. The zero-order chi connectivity index (χ0) is 8.97. The van der Waals surface area contributed by atoms with Crippen LogP contribution < -0.4 is 0 Å². The molecule has 0 aliphatic heterocycles. The molecule has 0 N–H and O–H groups in total. The van der Waals surface area contributed by atoms with Crippen molar-refractivity contribution in [3.05, 3.63) is 18.0 Å². The Morgan fingerprint density at radius 2 is 2.33 bits per heavy atom. The van der Waals surface area contributed by atoms with Gasteiger partial charge in [0.2, 0.25) is 0 Å². The van der Waals surface area contributed by atoms with Crippen LogP contribution in [0.25, 0.3) is 0 Å². The summed E-state index contributed by atoms with van der Waals surface area (Å²) in [5.41, 5.74) is 1.14. The lowest BCUT2D eigenvalue weighted by Gasteiger charge is -2.08. The zero-order valence-electron chi connectivity index (χ0n) is 7.95. The van der Waals surface area contributed by atoms with Gasteiger partial charge in [-0.3, -0.25) is 4.68 Å². The average molecular weight is 168 g/mol. The fraction of sp³-hybridized carbons (Fsp3) is 0.667. The maximum atomic E-state index is 5.47. The van der Waals surface area contributed by atoms with Gasteiger partial charge in [0.05, 0.1) is 18.4 Å². The molecule has 1 aromatic rings. The van der Waals surface area contributed by atoms with Crippen LogP contribution in [0.5, 0.6) is 0 Å². The Labute approximate surface area is 73.3 Å². The van der Waals surface area contributed by atoms with Crippen LogP contribution in [0, 0.1) is 0 Å². The van der Waals surface area contributed by atoms with E-state index in [9.17, 15) is 0 Å². The van der Waals surface area contributed by atoms with Gasteiger partial charge in [-0.15, -0.1) is 0 Å². The first-order valence-electron chi connectivity index (χ1n) is 4.36. The number of hydrogen-bond donors (Lipinski definition) is 0. The van der Waals surface area contributed by atoms with Crippen LogP contribution in [0.3, 0.4) is 0 Å². The third-order valence-electron chi connectivity index (χ3n) is 1.67. The molecule has 0 aliphatic rings. The molecular formula is C9H16N2O. The smallest absolute Gasteiger partial charge is 0.0888 e. The molecule has 1 aromatic heterocycles. The summed E-state index contributed by atoms with van der Waals surface area (Å²) in [4.78, 5) is 0. The molecule has 1 heterocycles. The highest BCUT2D eigenvalue weighted by Crippen LogP contribution is 2.02. The summed E-state index contributed by atoms with van der Waals surface area (Å²) in [6.45, 7) is 7.71. The van der Waals surface area contributed by atoms with Crippen molar-refractivity contribution < 1.29 is 4.74 Å². The molecule has 0 aromatic carbocycles. The van der Waals surface area contributed by atoms with Crippen molar-refractivity contribution in [2.75, 3.05) is 0 Å². The molecule has 0 bridgehead atoms. The van der Waals surface area contributed by atoms with Gasteiger partial charge in [0.15, 0.2) is 0 Å². The average Bonchev–Trinajstić information content (AvgIpc) is 2.47. The van der Waals surface area contributed by atoms with Crippen molar-refractivity contribution in [1.29, 1.82) is 0 Å². The third kappa shape index (κ3) is 2.34. The van der Waals surface area contributed by atoms with Gasteiger partial charge in [-0.05, 0) is 26.8 Å². The van der Waals surface area contributed by atoms with Crippen LogP contribution in [0.1, 0.15) is 26.5 Å². The normalized spacial score (nSPS) is 11.0. The molecule has 68 valence electrons. The van der Waals surface area contributed by atoms with E-state index in [1.807, 2.05) is 30.8 Å². The largest absolute Gasteiger partial charge is 0.373 e. The Hall–Kier alpha value is -0.830. The number of nitrogens with zero attached hydrogens (tertiary/aromatic N) is 2. The number of hydrogen-bond acceptors (Lipinski definition) is 2. The van der Waals surface area contributed by atoms with Gasteiger partial charge in [0.1, 0.15) is 0 Å². The predicted octanol–water partition coefficient (Wildman–Crippen LogP) is 1.83. The lowest BCUT2D eigenvalue weighted by molar-refractivity contribution is 0.0612. The van der Waals surface area contributed by atoms with E-state index in [-0.39, 0.29) is 6.10 Å². The first-order valence-corrected chi connectivity index (χ1v) is 4.36. The van der Waals surface area contributed by atoms with Crippen LogP contribution in [-0.4, -0.2) is 15.9 Å². The van der Waals surface area contributed by atoms with E-state index in [2.05, 4.69) is 12.0 Å². The van der Waals surface area contributed by atoms with Gasteiger partial charge in [0.25, 0.3) is 0 Å². The second kappa shape index (κ2) is 4.26. The molecule has 1 rings (SSSR count). The Morgan fingerprint density at radius 3 is 2.92 bits per heavy atom. The minimum absolute atomic E-state index is 0.283. The standard InChI is InChI=1S/C9H16N2O/c1-4-11-9(5-6-10-11)7-12-8(2)3/h5-6,8H,4,7H2,1-3H3. The fourth-order valence-corrected chi connectivity index (χ4v) is 1.02. The Balaban J connectivity index is 2.50. The van der Waals surface area contributed by atoms with Gasteiger partial charge >= 0.3 is 0 Å². The van der Waals surface area contributed by atoms with E-state index in [1.54, 1.807) is 0 Å². The molecule has 0 amide bonds. The number of aryl methyl sites for hydroxylation is 1. The van der Waals surface area contributed by atoms with Crippen molar-refractivity contribution >= 4 is 0 Å². The van der Waals surface area contributed by atoms with Crippen LogP contribution in [0.15, 0.2) is 12.3 Å². The highest BCUT2D eigenvalue weighted by molar-refractivity contribution is 4.98. The van der Waals surface area contributed by atoms with Gasteiger partial charge in [-0.2, -0.15) is 5.10 Å². The van der Waals surface area contributed by atoms with Gasteiger partial charge in [-0.25, -0.2) is 0 Å². The maximum absolute atomic E-state index is 5.47. The second-order valence-electron chi connectivity index (χ2n) is 3.00. The molecule has 0 radical (unpaired) electrons. The van der Waals surface area contributed by atoms with Crippen molar-refractivity contribution in [2.24, 2.45) is 0 Å². The fourth-order valence-electron chi connectivity index (χ4n) is 1.02. The SMILES string of the molecule is CCn1nccc1COC(C)C. The van der Waals surface area contributed by atoms with E-state index in [0.717, 1.165) is 12.2 Å². The highest BCUT2D eigenvalue weighted by Gasteiger charge is 2.01. The van der Waals surface area contributed by atoms with E-state index >= 15 is 0 Å². The summed E-state index contributed by atoms with van der Waals surface area (Å²) in [5, 5.41) is 4.15. The first kappa shape index (κ1) is 9.26. The summed E-state index contributed by atoms with van der Waals surface area (Å²) in [6, 6.07) is 1.99. The minimum Gasteiger partial charge on any atom is -0.373 e. The number of ether oxygens (including phenoxy) is 1. The molecule has 0 atom stereocenters. The van der Waals surface area contributed by atoms with Crippen molar-refractivity contribution in [1.82, 2.24) is 9.78 Å². The molecule has 0 fully saturated rings. The maximum Gasteiger partial charge on any atom is 0.0888 e. The third-order valence-corrected chi connectivity index (χ3v) is 1.67. The molecule has 0 saturated heterocycles. The molecule has 0 spiro atoms. The van der Waals surface area contributed by atoms with Crippen LogP contribution in [0.2, 0.25) is 0 Å². The van der Waals surface area contributed by atoms with E-state index < -0.39 is 0 Å². The van der Waals surface area contributed by atoms with Crippen molar-refractivity contribution in [2.45, 2.75) is 40.0 Å². The molecule has 0 saturated carbocycles. The Bertz CT molecular complexity index is 230. The lowest BCUT2D eigenvalue weighted by atomic mass is 10.4. The molecule has 3 nitrogen and oxygen atoms in total. The van der Waals surface area contributed by atoms with E-state index in [1.165, 1.54) is 0 Å². The van der Waals surface area contributed by atoms with Gasteiger partial charge in [0, 0.05) is 12.7 Å². The van der Waals surface area contributed by atoms with E-state index in [0.29, 0.717) is 6.61 Å². The molecule has 12 heavy (non-hydrogen) atoms. The monoisotopic (exact) mass is 168 g/mol. The number of aromatic nitrogens is 2. The van der Waals surface area contributed by atoms with Crippen LogP contribution >= 0.6 is 0 Å². The molecule has 0 aliphatic carbocycles. The summed E-state index contributed by atoms with van der Waals surface area (Å²) in [5.74, 6) is 0. The second-order valence-corrected chi connectivity index (χ2v) is 3.00.